The number of benzene rings is 1. The van der Waals surface area contributed by atoms with Gasteiger partial charge < -0.3 is 4.52 Å². The van der Waals surface area contributed by atoms with Gasteiger partial charge in [-0.1, -0.05) is 47.3 Å². The molecule has 0 spiro atoms. The number of aromatic nitrogens is 4. The third-order valence-corrected chi connectivity index (χ3v) is 5.77. The Balaban J connectivity index is 1.62. The highest BCUT2D eigenvalue weighted by molar-refractivity contribution is 7.99. The maximum absolute atomic E-state index is 12.4. The van der Waals surface area contributed by atoms with Crippen LogP contribution in [0.3, 0.4) is 0 Å². The molecule has 3 aromatic heterocycles. The fourth-order valence-corrected chi connectivity index (χ4v) is 4.10. The fraction of sp³-hybridized carbons (Fsp3) is 0.176. The second-order valence-electron chi connectivity index (χ2n) is 5.48. The van der Waals surface area contributed by atoms with Crippen LogP contribution in [0.5, 0.6) is 0 Å². The number of hydrogen-bond donors (Lipinski definition) is 0. The monoisotopic (exact) mass is 370 g/mol. The maximum atomic E-state index is 12.4. The topological polar surface area (TPSA) is 73.8 Å². The van der Waals surface area contributed by atoms with E-state index in [0.717, 1.165) is 11.1 Å². The van der Waals surface area contributed by atoms with Crippen LogP contribution in [-0.2, 0) is 7.05 Å². The maximum Gasteiger partial charge on any atom is 0.271 e. The molecule has 4 rings (SSSR count). The van der Waals surface area contributed by atoms with E-state index in [-0.39, 0.29) is 10.8 Å². The van der Waals surface area contributed by atoms with Gasteiger partial charge in [0.2, 0.25) is 11.7 Å². The molecule has 0 saturated heterocycles. The lowest BCUT2D eigenvalue weighted by Gasteiger charge is -2.09. The van der Waals surface area contributed by atoms with Gasteiger partial charge in [0.15, 0.2) is 5.16 Å². The van der Waals surface area contributed by atoms with Crippen molar-refractivity contribution in [1.29, 1.82) is 0 Å². The standard InChI is InChI=1S/C17H14N4O2S2/c1-10(15-19-14(20-23-15)11-6-4-3-5-7-11)25-17-18-12-8-9-24-13(12)16(22)21(17)2/h3-10H,1-2H3. The first-order valence-corrected chi connectivity index (χ1v) is 9.39. The van der Waals surface area contributed by atoms with Crippen LogP contribution >= 0.6 is 23.1 Å². The molecule has 0 aliphatic rings. The Morgan fingerprint density at radius 3 is 2.80 bits per heavy atom. The lowest BCUT2D eigenvalue weighted by molar-refractivity contribution is 0.380. The second-order valence-corrected chi connectivity index (χ2v) is 7.70. The predicted octanol–water partition coefficient (Wildman–Crippen LogP) is 3.90. The van der Waals surface area contributed by atoms with Crippen molar-refractivity contribution >= 4 is 33.3 Å². The molecule has 4 aromatic rings. The molecular weight excluding hydrogens is 356 g/mol. The Labute approximate surface area is 151 Å². The molecule has 25 heavy (non-hydrogen) atoms. The van der Waals surface area contributed by atoms with Crippen molar-refractivity contribution in [2.24, 2.45) is 7.05 Å². The molecule has 1 unspecified atom stereocenters. The molecule has 1 aromatic carbocycles. The van der Waals surface area contributed by atoms with Gasteiger partial charge in [-0.15, -0.1) is 11.3 Å². The molecule has 0 amide bonds. The zero-order chi connectivity index (χ0) is 17.4. The summed E-state index contributed by atoms with van der Waals surface area (Å²) < 4.78 is 7.63. The van der Waals surface area contributed by atoms with Crippen molar-refractivity contribution < 1.29 is 4.52 Å². The van der Waals surface area contributed by atoms with Gasteiger partial charge in [-0.25, -0.2) is 4.98 Å². The minimum Gasteiger partial charge on any atom is -0.338 e. The first-order chi connectivity index (χ1) is 12.1. The van der Waals surface area contributed by atoms with E-state index in [1.54, 1.807) is 11.6 Å². The van der Waals surface area contributed by atoms with E-state index in [2.05, 4.69) is 15.1 Å². The Bertz CT molecular complexity index is 1080. The van der Waals surface area contributed by atoms with Crippen LogP contribution in [0.25, 0.3) is 21.6 Å². The van der Waals surface area contributed by atoms with Crippen molar-refractivity contribution in [3.05, 3.63) is 58.0 Å². The van der Waals surface area contributed by atoms with Gasteiger partial charge in [0, 0.05) is 12.6 Å². The van der Waals surface area contributed by atoms with Crippen molar-refractivity contribution in [3.8, 4) is 11.4 Å². The van der Waals surface area contributed by atoms with Gasteiger partial charge in [0.25, 0.3) is 5.56 Å². The van der Waals surface area contributed by atoms with Gasteiger partial charge >= 0.3 is 0 Å². The molecule has 8 heteroatoms. The molecule has 0 aliphatic heterocycles. The van der Waals surface area contributed by atoms with Gasteiger partial charge in [-0.3, -0.25) is 9.36 Å². The zero-order valence-corrected chi connectivity index (χ0v) is 15.2. The fourth-order valence-electron chi connectivity index (χ4n) is 2.39. The molecule has 3 heterocycles. The summed E-state index contributed by atoms with van der Waals surface area (Å²) in [5.74, 6) is 1.06. The van der Waals surface area contributed by atoms with E-state index < -0.39 is 0 Å². The summed E-state index contributed by atoms with van der Waals surface area (Å²) in [4.78, 5) is 21.4. The van der Waals surface area contributed by atoms with Crippen LogP contribution in [-0.4, -0.2) is 19.7 Å². The van der Waals surface area contributed by atoms with Crippen LogP contribution in [0.2, 0.25) is 0 Å². The Kier molecular flexibility index (Phi) is 4.14. The number of hydrogen-bond acceptors (Lipinski definition) is 7. The van der Waals surface area contributed by atoms with E-state index in [4.69, 9.17) is 4.52 Å². The van der Waals surface area contributed by atoms with Gasteiger partial charge in [0.1, 0.15) is 4.70 Å². The molecule has 0 fully saturated rings. The number of rotatable bonds is 4. The summed E-state index contributed by atoms with van der Waals surface area (Å²) in [6, 6.07) is 11.5. The average Bonchev–Trinajstić information content (AvgIpc) is 3.29. The van der Waals surface area contributed by atoms with E-state index in [9.17, 15) is 4.79 Å². The minimum atomic E-state index is -0.126. The Hall–Kier alpha value is -2.45. The normalized spacial score (nSPS) is 12.6. The first-order valence-electron chi connectivity index (χ1n) is 7.63. The number of nitrogens with zero attached hydrogens (tertiary/aromatic N) is 4. The average molecular weight is 370 g/mol. The molecule has 0 bridgehead atoms. The summed E-state index contributed by atoms with van der Waals surface area (Å²) in [6.45, 7) is 1.96. The lowest BCUT2D eigenvalue weighted by atomic mass is 10.2. The highest BCUT2D eigenvalue weighted by atomic mass is 32.2. The highest BCUT2D eigenvalue weighted by Gasteiger charge is 2.19. The van der Waals surface area contributed by atoms with E-state index in [0.29, 0.717) is 21.6 Å². The number of thioether (sulfide) groups is 1. The van der Waals surface area contributed by atoms with Crippen LogP contribution in [0.4, 0.5) is 0 Å². The molecular formula is C17H14N4O2S2. The van der Waals surface area contributed by atoms with Crippen molar-refractivity contribution in [2.45, 2.75) is 17.3 Å². The Morgan fingerprint density at radius 2 is 2.00 bits per heavy atom. The third kappa shape index (κ3) is 2.98. The highest BCUT2D eigenvalue weighted by Crippen LogP contribution is 2.33. The summed E-state index contributed by atoms with van der Waals surface area (Å²) in [6.07, 6.45) is 0. The summed E-state index contributed by atoms with van der Waals surface area (Å²) >= 11 is 2.83. The zero-order valence-electron chi connectivity index (χ0n) is 13.5. The van der Waals surface area contributed by atoms with Crippen LogP contribution in [0.1, 0.15) is 18.1 Å². The van der Waals surface area contributed by atoms with Crippen molar-refractivity contribution in [2.75, 3.05) is 0 Å². The molecule has 6 nitrogen and oxygen atoms in total. The lowest BCUT2D eigenvalue weighted by Crippen LogP contribution is -2.19. The molecule has 126 valence electrons. The second kappa shape index (κ2) is 6.45. The van der Waals surface area contributed by atoms with Crippen LogP contribution in [0, 0.1) is 0 Å². The van der Waals surface area contributed by atoms with E-state index in [1.807, 2.05) is 48.7 Å². The summed E-state index contributed by atoms with van der Waals surface area (Å²) in [5, 5.41) is 6.42. The molecule has 0 saturated carbocycles. The molecule has 1 atom stereocenters. The van der Waals surface area contributed by atoms with Crippen LogP contribution < -0.4 is 5.56 Å². The quantitative estimate of drug-likeness (QED) is 0.401. The number of fused-ring (bicyclic) bond motifs is 1. The number of thiophene rings is 1. The van der Waals surface area contributed by atoms with Gasteiger partial charge in [-0.2, -0.15) is 4.98 Å². The van der Waals surface area contributed by atoms with Crippen molar-refractivity contribution in [3.63, 3.8) is 0 Å². The summed E-state index contributed by atoms with van der Waals surface area (Å²) in [5.41, 5.74) is 1.59. The van der Waals surface area contributed by atoms with Gasteiger partial charge in [0.05, 0.1) is 10.8 Å². The van der Waals surface area contributed by atoms with Gasteiger partial charge in [-0.05, 0) is 18.4 Å². The summed E-state index contributed by atoms with van der Waals surface area (Å²) in [7, 11) is 1.73. The molecule has 0 radical (unpaired) electrons. The predicted molar refractivity (Wildman–Crippen MR) is 98.9 cm³/mol. The van der Waals surface area contributed by atoms with E-state index in [1.165, 1.54) is 23.1 Å². The third-order valence-electron chi connectivity index (χ3n) is 3.75. The smallest absolute Gasteiger partial charge is 0.271 e. The van der Waals surface area contributed by atoms with Crippen molar-refractivity contribution in [1.82, 2.24) is 19.7 Å². The largest absolute Gasteiger partial charge is 0.338 e. The van der Waals surface area contributed by atoms with E-state index >= 15 is 0 Å². The molecule has 0 N–H and O–H groups in total. The Morgan fingerprint density at radius 1 is 1.20 bits per heavy atom. The van der Waals surface area contributed by atoms with Crippen LogP contribution in [0.15, 0.2) is 56.3 Å². The molecule has 0 aliphatic carbocycles. The first kappa shape index (κ1) is 16.0. The SMILES string of the molecule is CC(Sc1nc2ccsc2c(=O)n1C)c1nc(-c2ccccc2)no1. The minimum absolute atomic E-state index is 0.0368.